The molecule has 5 aromatic rings. The van der Waals surface area contributed by atoms with Crippen molar-refractivity contribution in [3.63, 3.8) is 0 Å². The number of halogens is 2. The quantitative estimate of drug-likeness (QED) is 0.233. The molecule has 0 bridgehead atoms. The average molecular weight is 699 g/mol. The van der Waals surface area contributed by atoms with E-state index in [9.17, 15) is 0 Å². The van der Waals surface area contributed by atoms with E-state index in [0.717, 1.165) is 12.8 Å². The molecule has 0 saturated heterocycles. The zero-order chi connectivity index (χ0) is 30.3. The van der Waals surface area contributed by atoms with E-state index >= 15 is 0 Å². The Morgan fingerprint density at radius 3 is 1.59 bits per heavy atom. The van der Waals surface area contributed by atoms with Gasteiger partial charge in [-0.15, -0.1) is 46.2 Å². The maximum absolute atomic E-state index is 2.99. The molecule has 1 aliphatic carbocycles. The minimum absolute atomic E-state index is 0. The molecule has 44 heavy (non-hydrogen) atoms. The van der Waals surface area contributed by atoms with Crippen LogP contribution in [-0.2, 0) is 41.5 Å². The Labute approximate surface area is 293 Å². The molecular formula is C41H44Cl2Zr-2. The van der Waals surface area contributed by atoms with E-state index in [0.29, 0.717) is 0 Å². The fourth-order valence-electron chi connectivity index (χ4n) is 4.95. The summed E-state index contributed by atoms with van der Waals surface area (Å²) in [7, 11) is 0. The maximum Gasteiger partial charge on any atom is -0.109 e. The molecule has 0 spiro atoms. The molecule has 0 heterocycles. The number of allylic oxidation sites excluding steroid dienone is 4. The Morgan fingerprint density at radius 2 is 1.20 bits per heavy atom. The SMILES string of the molecule is CC(C)(C)c1ccc2[cH-]c3ccc(C(C)(C)C)cc3c2c1.CCc1ccc([C](=[Zr+2])c2ccccc2)cc1.[C-]1=CC=CC1.[Cl-].[Cl-]. The topological polar surface area (TPSA) is 0 Å². The summed E-state index contributed by atoms with van der Waals surface area (Å²) in [6, 6.07) is 35.7. The van der Waals surface area contributed by atoms with E-state index in [2.05, 4.69) is 158 Å². The van der Waals surface area contributed by atoms with Crippen LogP contribution in [-0.4, -0.2) is 3.21 Å². The number of fused-ring (bicyclic) bond motifs is 3. The van der Waals surface area contributed by atoms with Gasteiger partial charge in [0.2, 0.25) is 0 Å². The molecule has 0 amide bonds. The molecule has 0 aromatic heterocycles. The van der Waals surface area contributed by atoms with Gasteiger partial charge in [0.05, 0.1) is 0 Å². The van der Waals surface area contributed by atoms with E-state index in [4.69, 9.17) is 0 Å². The van der Waals surface area contributed by atoms with Crippen LogP contribution in [0.5, 0.6) is 0 Å². The third kappa shape index (κ3) is 10.0. The van der Waals surface area contributed by atoms with Crippen molar-refractivity contribution in [3.05, 3.63) is 149 Å². The summed E-state index contributed by atoms with van der Waals surface area (Å²) < 4.78 is 1.43. The van der Waals surface area contributed by atoms with Crippen molar-refractivity contribution in [2.75, 3.05) is 0 Å². The molecule has 0 atom stereocenters. The number of aryl methyl sites for hydroxylation is 1. The van der Waals surface area contributed by atoms with E-state index in [-0.39, 0.29) is 35.6 Å². The first-order chi connectivity index (χ1) is 20.0. The summed E-state index contributed by atoms with van der Waals surface area (Å²) in [5.74, 6) is 0. The van der Waals surface area contributed by atoms with Gasteiger partial charge in [0.25, 0.3) is 0 Å². The Balaban J connectivity index is 0.000000260. The predicted molar refractivity (Wildman–Crippen MR) is 181 cm³/mol. The summed E-state index contributed by atoms with van der Waals surface area (Å²) in [6.07, 6.45) is 11.1. The number of hydrogen-bond donors (Lipinski definition) is 0. The van der Waals surface area contributed by atoms with Gasteiger partial charge in [-0.1, -0.05) is 76.9 Å². The smallest absolute Gasteiger partial charge is 0.109 e. The third-order valence-corrected chi connectivity index (χ3v) is 9.16. The van der Waals surface area contributed by atoms with Gasteiger partial charge in [-0.05, 0) is 10.8 Å². The van der Waals surface area contributed by atoms with Crippen LogP contribution in [0, 0.1) is 6.08 Å². The van der Waals surface area contributed by atoms with Crippen molar-refractivity contribution in [2.45, 2.75) is 72.1 Å². The monoisotopic (exact) mass is 696 g/mol. The van der Waals surface area contributed by atoms with Gasteiger partial charge in [-0.3, -0.25) is 6.08 Å². The Hall–Kier alpha value is -2.44. The van der Waals surface area contributed by atoms with Gasteiger partial charge in [0.1, 0.15) is 0 Å². The Kier molecular flexibility index (Phi) is 14.4. The molecule has 0 radical (unpaired) electrons. The predicted octanol–water partition coefficient (Wildman–Crippen LogP) is 4.99. The second kappa shape index (κ2) is 16.8. The van der Waals surface area contributed by atoms with Crippen molar-refractivity contribution >= 4 is 24.8 Å². The minimum Gasteiger partial charge on any atom is -1.00 e. The first-order valence-corrected chi connectivity index (χ1v) is 16.3. The van der Waals surface area contributed by atoms with Crippen LogP contribution >= 0.6 is 0 Å². The first kappa shape index (κ1) is 37.7. The first-order valence-electron chi connectivity index (χ1n) is 15.1. The largest absolute Gasteiger partial charge is 1.00 e. The summed E-state index contributed by atoms with van der Waals surface area (Å²) in [5, 5.41) is 5.49. The molecule has 3 heteroatoms. The van der Waals surface area contributed by atoms with Gasteiger partial charge in [0.15, 0.2) is 0 Å². The van der Waals surface area contributed by atoms with Crippen LogP contribution in [0.3, 0.4) is 0 Å². The van der Waals surface area contributed by atoms with Gasteiger partial charge in [-0.2, -0.15) is 6.08 Å². The van der Waals surface area contributed by atoms with Gasteiger partial charge in [-0.25, -0.2) is 12.2 Å². The normalized spacial score (nSPS) is 12.0. The molecule has 228 valence electrons. The van der Waals surface area contributed by atoms with Crippen LogP contribution in [0.4, 0.5) is 0 Å². The fourth-order valence-corrected chi connectivity index (χ4v) is 5.77. The van der Waals surface area contributed by atoms with Crippen molar-refractivity contribution in [1.82, 2.24) is 0 Å². The molecule has 5 aromatic carbocycles. The fraction of sp³-hybridized carbons (Fsp3) is 0.268. The van der Waals surface area contributed by atoms with Gasteiger partial charge >= 0.3 is 112 Å². The van der Waals surface area contributed by atoms with Crippen molar-refractivity contribution in [1.29, 1.82) is 0 Å². The average Bonchev–Trinajstić information content (AvgIpc) is 3.68. The molecule has 0 unspecified atom stereocenters. The zero-order valence-electron chi connectivity index (χ0n) is 27.1. The van der Waals surface area contributed by atoms with Crippen molar-refractivity contribution in [2.24, 2.45) is 0 Å². The zero-order valence-corrected chi connectivity index (χ0v) is 31.1. The summed E-state index contributed by atoms with van der Waals surface area (Å²) in [6.45, 7) is 15.9. The minimum atomic E-state index is 0. The Morgan fingerprint density at radius 1 is 0.705 bits per heavy atom. The summed E-state index contributed by atoms with van der Waals surface area (Å²) in [5.41, 5.74) is 7.29. The van der Waals surface area contributed by atoms with Crippen LogP contribution in [0.25, 0.3) is 21.5 Å². The third-order valence-electron chi connectivity index (χ3n) is 7.74. The maximum atomic E-state index is 2.99. The van der Waals surface area contributed by atoms with Crippen LogP contribution in [0.2, 0.25) is 0 Å². The number of hydrogen-bond acceptors (Lipinski definition) is 0. The van der Waals surface area contributed by atoms with Gasteiger partial charge in [0, 0.05) is 0 Å². The second-order valence-electron chi connectivity index (χ2n) is 13.0. The molecule has 1 aliphatic rings. The van der Waals surface area contributed by atoms with Crippen LogP contribution in [0.1, 0.15) is 82.7 Å². The second-order valence-corrected chi connectivity index (χ2v) is 14.3. The van der Waals surface area contributed by atoms with Gasteiger partial charge < -0.3 is 24.8 Å². The summed E-state index contributed by atoms with van der Waals surface area (Å²) in [4.78, 5) is 0. The number of benzene rings is 4. The Bertz CT molecular complexity index is 1610. The van der Waals surface area contributed by atoms with Crippen molar-refractivity contribution in [3.8, 4) is 0 Å². The number of rotatable bonds is 3. The van der Waals surface area contributed by atoms with E-state index < -0.39 is 0 Å². The van der Waals surface area contributed by atoms with Crippen molar-refractivity contribution < 1.29 is 49.0 Å². The van der Waals surface area contributed by atoms with Crippen LogP contribution in [0.15, 0.2) is 115 Å². The standard InChI is InChI=1S/C21H25.C15H14.C5H5.2ClH.Zr/c1-20(2,3)16-9-7-14-11-15-8-10-17(21(4,5)6)13-19(15)18(14)12-16;1-2-13-8-10-15(11-9-13)12-14-6-4-3-5-7-14;1-2-4-5-3-1;;;/h7-13H,1-6H3;3-11H,2H2,1H3;1-3H,4H2;2*1H;/q-1;;-1;;;+2/p-2. The van der Waals surface area contributed by atoms with E-state index in [1.54, 1.807) is 0 Å². The summed E-state index contributed by atoms with van der Waals surface area (Å²) >= 11 is 1.47. The molecule has 0 aliphatic heterocycles. The molecule has 0 saturated carbocycles. The molecular weight excluding hydrogens is 655 g/mol. The molecule has 6 rings (SSSR count). The molecule has 0 nitrogen and oxygen atoms in total. The van der Waals surface area contributed by atoms with E-state index in [1.807, 2.05) is 12.2 Å². The molecule has 0 N–H and O–H groups in total. The van der Waals surface area contributed by atoms with Crippen LogP contribution < -0.4 is 24.8 Å². The van der Waals surface area contributed by atoms with E-state index in [1.165, 1.54) is 76.8 Å². The molecule has 0 fully saturated rings.